The number of rotatable bonds is 4. The molecule has 1 N–H and O–H groups in total. The van der Waals surface area contributed by atoms with E-state index in [-0.39, 0.29) is 11.6 Å². The Morgan fingerprint density at radius 2 is 1.87 bits per heavy atom. The lowest BCUT2D eigenvalue weighted by Gasteiger charge is -2.18. The second-order valence-electron chi connectivity index (χ2n) is 6.56. The van der Waals surface area contributed by atoms with Crippen molar-refractivity contribution >= 4 is 23.1 Å². The van der Waals surface area contributed by atoms with Crippen molar-refractivity contribution in [2.45, 2.75) is 46.6 Å². The minimum Gasteiger partial charge on any atom is -0.335 e. The topological polar surface area (TPSA) is 46.9 Å². The van der Waals surface area contributed by atoms with E-state index >= 15 is 0 Å². The molecule has 5 heteroatoms. The maximum atomic E-state index is 12.8. The van der Waals surface area contributed by atoms with Gasteiger partial charge in [0, 0.05) is 22.9 Å². The Hall–Kier alpha value is -1.81. The second kappa shape index (κ2) is 6.00. The molecular formula is C18H22ClN3O. The van der Waals surface area contributed by atoms with Crippen LogP contribution in [0.5, 0.6) is 0 Å². The molecule has 1 saturated carbocycles. The number of halogens is 1. The molecule has 2 aromatic rings. The zero-order chi connectivity index (χ0) is 16.7. The van der Waals surface area contributed by atoms with Gasteiger partial charge in [-0.3, -0.25) is 4.79 Å². The molecule has 1 aromatic carbocycles. The third-order valence-electron chi connectivity index (χ3n) is 4.54. The van der Waals surface area contributed by atoms with Gasteiger partial charge in [-0.2, -0.15) is 0 Å². The fourth-order valence-corrected chi connectivity index (χ4v) is 3.38. The first-order valence-corrected chi connectivity index (χ1v) is 8.38. The molecule has 1 atom stereocenters. The van der Waals surface area contributed by atoms with E-state index in [9.17, 15) is 4.79 Å². The maximum absolute atomic E-state index is 12.8. The first kappa shape index (κ1) is 16.1. The van der Waals surface area contributed by atoms with Gasteiger partial charge in [0.25, 0.3) is 5.56 Å². The monoisotopic (exact) mass is 331 g/mol. The SMILES string of the molecule is Cc1cn([C@H](C)C2CC2)c(=O)c(Nc2c(C)cc(Cl)cc2C)n1. The van der Waals surface area contributed by atoms with E-state index in [0.717, 1.165) is 22.5 Å². The number of hydrogen-bond donors (Lipinski definition) is 1. The molecule has 1 fully saturated rings. The van der Waals surface area contributed by atoms with Crippen molar-refractivity contribution in [3.63, 3.8) is 0 Å². The van der Waals surface area contributed by atoms with Crippen molar-refractivity contribution in [3.05, 3.63) is 50.5 Å². The first-order chi connectivity index (χ1) is 10.9. The predicted molar refractivity (Wildman–Crippen MR) is 94.9 cm³/mol. The largest absolute Gasteiger partial charge is 0.335 e. The highest BCUT2D eigenvalue weighted by Gasteiger charge is 2.30. The van der Waals surface area contributed by atoms with Gasteiger partial charge in [0.2, 0.25) is 0 Å². The molecule has 0 amide bonds. The van der Waals surface area contributed by atoms with Crippen molar-refractivity contribution in [1.29, 1.82) is 0 Å². The Morgan fingerprint density at radius 1 is 1.26 bits per heavy atom. The number of aryl methyl sites for hydroxylation is 3. The number of aromatic nitrogens is 2. The standard InChI is InChI=1S/C18H22ClN3O/c1-10-7-15(19)8-11(2)16(10)21-17-18(23)22(9-12(3)20-17)13(4)14-5-6-14/h7-9,13-14H,5-6H2,1-4H3,(H,20,21)/t13-/m1/s1. The van der Waals surface area contributed by atoms with Crippen LogP contribution in [0.3, 0.4) is 0 Å². The van der Waals surface area contributed by atoms with Crippen molar-refractivity contribution in [1.82, 2.24) is 9.55 Å². The minimum absolute atomic E-state index is 0.0660. The normalized spacial score (nSPS) is 15.5. The smallest absolute Gasteiger partial charge is 0.293 e. The third kappa shape index (κ3) is 3.27. The summed E-state index contributed by atoms with van der Waals surface area (Å²) in [6, 6.07) is 3.99. The van der Waals surface area contributed by atoms with Gasteiger partial charge in [-0.25, -0.2) is 4.98 Å². The number of anilines is 2. The lowest BCUT2D eigenvalue weighted by atomic mass is 10.1. The Morgan fingerprint density at radius 3 is 2.43 bits per heavy atom. The molecule has 0 radical (unpaired) electrons. The molecule has 0 bridgehead atoms. The van der Waals surface area contributed by atoms with Gasteiger partial charge in [-0.05, 0) is 69.7 Å². The molecule has 122 valence electrons. The van der Waals surface area contributed by atoms with Crippen LogP contribution in [0, 0.1) is 26.7 Å². The van der Waals surface area contributed by atoms with Crippen molar-refractivity contribution in [2.24, 2.45) is 5.92 Å². The van der Waals surface area contributed by atoms with Crippen LogP contribution in [0.2, 0.25) is 5.02 Å². The Kier molecular flexibility index (Phi) is 4.19. The van der Waals surface area contributed by atoms with Gasteiger partial charge >= 0.3 is 0 Å². The van der Waals surface area contributed by atoms with Crippen LogP contribution in [0.15, 0.2) is 23.1 Å². The molecule has 3 rings (SSSR count). The van der Waals surface area contributed by atoms with Gasteiger partial charge < -0.3 is 9.88 Å². The highest BCUT2D eigenvalue weighted by atomic mass is 35.5. The Labute approximate surface area is 141 Å². The number of nitrogens with one attached hydrogen (secondary N) is 1. The van der Waals surface area contributed by atoms with Crippen LogP contribution in [0.1, 0.15) is 42.6 Å². The molecule has 1 heterocycles. The zero-order valence-electron chi connectivity index (χ0n) is 14.0. The van der Waals surface area contributed by atoms with E-state index in [0.29, 0.717) is 16.8 Å². The van der Waals surface area contributed by atoms with Crippen molar-refractivity contribution in [3.8, 4) is 0 Å². The highest BCUT2D eigenvalue weighted by Crippen LogP contribution is 2.39. The first-order valence-electron chi connectivity index (χ1n) is 8.00. The zero-order valence-corrected chi connectivity index (χ0v) is 14.7. The highest BCUT2D eigenvalue weighted by molar-refractivity contribution is 6.30. The maximum Gasteiger partial charge on any atom is 0.293 e. The third-order valence-corrected chi connectivity index (χ3v) is 4.75. The van der Waals surface area contributed by atoms with Crippen LogP contribution in [0.4, 0.5) is 11.5 Å². The molecule has 1 aromatic heterocycles. The minimum atomic E-state index is -0.0660. The van der Waals surface area contributed by atoms with Gasteiger partial charge in [0.1, 0.15) is 0 Å². The summed E-state index contributed by atoms with van der Waals surface area (Å²) in [5.41, 5.74) is 3.67. The van der Waals surface area contributed by atoms with E-state index in [1.807, 2.05) is 43.7 Å². The van der Waals surface area contributed by atoms with Crippen molar-refractivity contribution in [2.75, 3.05) is 5.32 Å². The fourth-order valence-electron chi connectivity index (χ4n) is 3.05. The van der Waals surface area contributed by atoms with Crippen molar-refractivity contribution < 1.29 is 0 Å². The van der Waals surface area contributed by atoms with Crippen LogP contribution < -0.4 is 10.9 Å². The molecule has 0 saturated heterocycles. The molecule has 4 nitrogen and oxygen atoms in total. The Bertz CT molecular complexity index is 785. The van der Waals surface area contributed by atoms with E-state index in [4.69, 9.17) is 11.6 Å². The van der Waals surface area contributed by atoms with Crippen LogP contribution in [-0.4, -0.2) is 9.55 Å². The molecular weight excluding hydrogens is 310 g/mol. The second-order valence-corrected chi connectivity index (χ2v) is 7.00. The Balaban J connectivity index is 2.02. The van der Waals surface area contributed by atoms with Gasteiger partial charge in [0.15, 0.2) is 5.82 Å². The van der Waals surface area contributed by atoms with Crippen LogP contribution in [0.25, 0.3) is 0 Å². The van der Waals surface area contributed by atoms with Gasteiger partial charge in [-0.15, -0.1) is 0 Å². The summed E-state index contributed by atoms with van der Waals surface area (Å²) in [7, 11) is 0. The van der Waals surface area contributed by atoms with Gasteiger partial charge in [0.05, 0.1) is 5.69 Å². The average Bonchev–Trinajstić information content (AvgIpc) is 3.29. The van der Waals surface area contributed by atoms with E-state index in [1.54, 1.807) is 0 Å². The van der Waals surface area contributed by atoms with Crippen LogP contribution >= 0.6 is 11.6 Å². The fraction of sp³-hybridized carbons (Fsp3) is 0.444. The number of nitrogens with zero attached hydrogens (tertiary/aromatic N) is 2. The molecule has 0 spiro atoms. The van der Waals surface area contributed by atoms with E-state index in [2.05, 4.69) is 17.2 Å². The number of hydrogen-bond acceptors (Lipinski definition) is 3. The lowest BCUT2D eigenvalue weighted by molar-refractivity contribution is 0.469. The average molecular weight is 332 g/mol. The molecule has 1 aliphatic rings. The lowest BCUT2D eigenvalue weighted by Crippen LogP contribution is -2.27. The summed E-state index contributed by atoms with van der Waals surface area (Å²) >= 11 is 6.08. The van der Waals surface area contributed by atoms with Gasteiger partial charge in [-0.1, -0.05) is 11.6 Å². The summed E-state index contributed by atoms with van der Waals surface area (Å²) in [6.45, 7) is 7.98. The predicted octanol–water partition coefficient (Wildman–Crippen LogP) is 4.54. The molecule has 0 unspecified atom stereocenters. The number of benzene rings is 1. The summed E-state index contributed by atoms with van der Waals surface area (Å²) in [6.07, 6.45) is 4.26. The molecule has 0 aliphatic heterocycles. The quantitative estimate of drug-likeness (QED) is 0.894. The summed E-state index contributed by atoms with van der Waals surface area (Å²) in [4.78, 5) is 17.2. The summed E-state index contributed by atoms with van der Waals surface area (Å²) < 4.78 is 1.82. The van der Waals surface area contributed by atoms with Crippen LogP contribution in [-0.2, 0) is 0 Å². The molecule has 1 aliphatic carbocycles. The molecule has 23 heavy (non-hydrogen) atoms. The van der Waals surface area contributed by atoms with E-state index < -0.39 is 0 Å². The summed E-state index contributed by atoms with van der Waals surface area (Å²) in [5.74, 6) is 0.993. The van der Waals surface area contributed by atoms with E-state index in [1.165, 1.54) is 12.8 Å². The summed E-state index contributed by atoms with van der Waals surface area (Å²) in [5, 5.41) is 3.93.